The molecule has 0 saturated heterocycles. The molecule has 21 heavy (non-hydrogen) atoms. The average Bonchev–Trinajstić information content (AvgIpc) is 2.46. The fourth-order valence-electron chi connectivity index (χ4n) is 1.74. The zero-order valence-corrected chi connectivity index (χ0v) is 10.8. The standard InChI is InChI=1S/C14H10F3NO3/c1-21-12-7-9(13(19)20)6-11(18-12)8-3-2-4-10(5-8)14(15,16)17/h2-7H,1H3,(H,19,20). The quantitative estimate of drug-likeness (QED) is 0.942. The number of hydrogen-bond donors (Lipinski definition) is 1. The SMILES string of the molecule is COc1cc(C(=O)O)cc(-c2cccc(C(F)(F)F)c2)n1. The predicted octanol–water partition coefficient (Wildman–Crippen LogP) is 3.47. The molecular weight excluding hydrogens is 287 g/mol. The highest BCUT2D eigenvalue weighted by Crippen LogP contribution is 2.32. The number of halogens is 3. The second-order valence-electron chi connectivity index (χ2n) is 4.17. The summed E-state index contributed by atoms with van der Waals surface area (Å²) in [6.45, 7) is 0. The lowest BCUT2D eigenvalue weighted by Crippen LogP contribution is -2.05. The molecule has 0 radical (unpaired) electrons. The lowest BCUT2D eigenvalue weighted by Gasteiger charge is -2.10. The molecule has 0 aliphatic heterocycles. The number of carboxylic acids is 1. The maximum absolute atomic E-state index is 12.7. The van der Waals surface area contributed by atoms with Gasteiger partial charge in [-0.2, -0.15) is 13.2 Å². The van der Waals surface area contributed by atoms with Gasteiger partial charge in [0.2, 0.25) is 5.88 Å². The molecule has 1 aromatic carbocycles. The lowest BCUT2D eigenvalue weighted by molar-refractivity contribution is -0.137. The number of rotatable bonds is 3. The van der Waals surface area contributed by atoms with Crippen LogP contribution in [0.4, 0.5) is 13.2 Å². The minimum absolute atomic E-state index is 0.0160. The van der Waals surface area contributed by atoms with Gasteiger partial charge in [0.25, 0.3) is 0 Å². The Morgan fingerprint density at radius 3 is 2.52 bits per heavy atom. The molecule has 0 spiro atoms. The third kappa shape index (κ3) is 3.31. The molecule has 0 amide bonds. The average molecular weight is 297 g/mol. The molecule has 0 aliphatic carbocycles. The normalized spacial score (nSPS) is 11.2. The summed E-state index contributed by atoms with van der Waals surface area (Å²) in [4.78, 5) is 15.0. The van der Waals surface area contributed by atoms with Gasteiger partial charge in [-0.1, -0.05) is 12.1 Å². The molecule has 0 fully saturated rings. The summed E-state index contributed by atoms with van der Waals surface area (Å²) in [5.41, 5.74) is -0.695. The predicted molar refractivity (Wildman–Crippen MR) is 68.2 cm³/mol. The first-order valence-electron chi connectivity index (χ1n) is 5.78. The number of pyridine rings is 1. The molecular formula is C14H10F3NO3. The number of benzene rings is 1. The molecule has 4 nitrogen and oxygen atoms in total. The Morgan fingerprint density at radius 2 is 1.95 bits per heavy atom. The van der Waals surface area contributed by atoms with Gasteiger partial charge in [0.15, 0.2) is 0 Å². The summed E-state index contributed by atoms with van der Waals surface area (Å²) in [7, 11) is 1.30. The fraction of sp³-hybridized carbons (Fsp3) is 0.143. The van der Waals surface area contributed by atoms with Crippen molar-refractivity contribution in [2.45, 2.75) is 6.18 Å². The van der Waals surface area contributed by atoms with Crippen LogP contribution in [0.2, 0.25) is 0 Å². The molecule has 1 N–H and O–H groups in total. The molecule has 0 aliphatic rings. The van der Waals surface area contributed by atoms with Crippen LogP contribution in [0.5, 0.6) is 5.88 Å². The van der Waals surface area contributed by atoms with Crippen LogP contribution in [0.15, 0.2) is 36.4 Å². The first-order chi connectivity index (χ1) is 9.81. The van der Waals surface area contributed by atoms with E-state index < -0.39 is 17.7 Å². The number of nitrogens with zero attached hydrogens (tertiary/aromatic N) is 1. The maximum atomic E-state index is 12.7. The molecule has 0 bridgehead atoms. The number of carbonyl (C=O) groups is 1. The van der Waals surface area contributed by atoms with Gasteiger partial charge in [-0.05, 0) is 18.2 Å². The summed E-state index contributed by atoms with van der Waals surface area (Å²) in [5, 5.41) is 9.00. The topological polar surface area (TPSA) is 59.4 Å². The molecule has 2 rings (SSSR count). The van der Waals surface area contributed by atoms with Crippen molar-refractivity contribution >= 4 is 5.97 Å². The number of methoxy groups -OCH3 is 1. The smallest absolute Gasteiger partial charge is 0.416 e. The fourth-order valence-corrected chi connectivity index (χ4v) is 1.74. The van der Waals surface area contributed by atoms with Crippen LogP contribution in [-0.4, -0.2) is 23.2 Å². The molecule has 2 aromatic rings. The van der Waals surface area contributed by atoms with Crippen molar-refractivity contribution in [3.63, 3.8) is 0 Å². The van der Waals surface area contributed by atoms with Gasteiger partial charge >= 0.3 is 12.1 Å². The van der Waals surface area contributed by atoms with E-state index in [0.29, 0.717) is 0 Å². The molecule has 1 heterocycles. The van der Waals surface area contributed by atoms with Gasteiger partial charge in [0.05, 0.1) is 23.9 Å². The van der Waals surface area contributed by atoms with Crippen molar-refractivity contribution in [3.8, 4) is 17.1 Å². The van der Waals surface area contributed by atoms with Gasteiger partial charge in [-0.3, -0.25) is 0 Å². The molecule has 110 valence electrons. The van der Waals surface area contributed by atoms with E-state index >= 15 is 0 Å². The third-order valence-corrected chi connectivity index (χ3v) is 2.74. The Labute approximate surface area is 117 Å². The second-order valence-corrected chi connectivity index (χ2v) is 4.17. The first-order valence-corrected chi connectivity index (χ1v) is 5.78. The Bertz CT molecular complexity index is 683. The van der Waals surface area contributed by atoms with Crippen LogP contribution in [-0.2, 0) is 6.18 Å². The number of ether oxygens (including phenoxy) is 1. The third-order valence-electron chi connectivity index (χ3n) is 2.74. The zero-order chi connectivity index (χ0) is 15.6. The number of aromatic carboxylic acids is 1. The van der Waals surface area contributed by atoms with E-state index in [-0.39, 0.29) is 22.7 Å². The van der Waals surface area contributed by atoms with Crippen molar-refractivity contribution in [1.82, 2.24) is 4.98 Å². The van der Waals surface area contributed by atoms with Gasteiger partial charge in [-0.15, -0.1) is 0 Å². The van der Waals surface area contributed by atoms with Gasteiger partial charge < -0.3 is 9.84 Å². The van der Waals surface area contributed by atoms with Crippen molar-refractivity contribution < 1.29 is 27.8 Å². The van der Waals surface area contributed by atoms with Crippen molar-refractivity contribution in [1.29, 1.82) is 0 Å². The molecule has 0 saturated carbocycles. The summed E-state index contributed by atoms with van der Waals surface area (Å²) in [5.74, 6) is -1.20. The van der Waals surface area contributed by atoms with Crippen LogP contribution in [0.3, 0.4) is 0 Å². The van der Waals surface area contributed by atoms with Crippen LogP contribution in [0, 0.1) is 0 Å². The minimum Gasteiger partial charge on any atom is -0.481 e. The highest BCUT2D eigenvalue weighted by atomic mass is 19.4. The summed E-state index contributed by atoms with van der Waals surface area (Å²) in [6, 6.07) is 6.89. The Kier molecular flexibility index (Phi) is 3.84. The van der Waals surface area contributed by atoms with E-state index in [9.17, 15) is 18.0 Å². The van der Waals surface area contributed by atoms with E-state index in [1.165, 1.54) is 31.4 Å². The van der Waals surface area contributed by atoms with E-state index in [1.54, 1.807) is 0 Å². The van der Waals surface area contributed by atoms with E-state index in [4.69, 9.17) is 9.84 Å². The Balaban J connectivity index is 2.56. The monoisotopic (exact) mass is 297 g/mol. The summed E-state index contributed by atoms with van der Waals surface area (Å²) < 4.78 is 43.0. The van der Waals surface area contributed by atoms with Gasteiger partial charge in [0.1, 0.15) is 0 Å². The van der Waals surface area contributed by atoms with Crippen molar-refractivity contribution in [3.05, 3.63) is 47.5 Å². The Hall–Kier alpha value is -2.57. The molecule has 1 aromatic heterocycles. The first kappa shape index (κ1) is 14.8. The largest absolute Gasteiger partial charge is 0.481 e. The van der Waals surface area contributed by atoms with E-state index in [0.717, 1.165) is 12.1 Å². The molecule has 0 unspecified atom stereocenters. The highest BCUT2D eigenvalue weighted by Gasteiger charge is 2.30. The van der Waals surface area contributed by atoms with Crippen LogP contribution < -0.4 is 4.74 Å². The molecule has 0 atom stereocenters. The minimum atomic E-state index is -4.48. The lowest BCUT2D eigenvalue weighted by atomic mass is 10.1. The van der Waals surface area contributed by atoms with Gasteiger partial charge in [-0.25, -0.2) is 9.78 Å². The highest BCUT2D eigenvalue weighted by molar-refractivity contribution is 5.89. The number of aromatic nitrogens is 1. The van der Waals surface area contributed by atoms with Crippen LogP contribution in [0.25, 0.3) is 11.3 Å². The summed E-state index contributed by atoms with van der Waals surface area (Å²) in [6.07, 6.45) is -4.48. The van der Waals surface area contributed by atoms with E-state index in [1.807, 2.05) is 0 Å². The number of hydrogen-bond acceptors (Lipinski definition) is 3. The van der Waals surface area contributed by atoms with Crippen LogP contribution in [0.1, 0.15) is 15.9 Å². The van der Waals surface area contributed by atoms with Gasteiger partial charge in [0, 0.05) is 11.6 Å². The summed E-state index contributed by atoms with van der Waals surface area (Å²) >= 11 is 0. The Morgan fingerprint density at radius 1 is 1.24 bits per heavy atom. The number of carboxylic acid groups (broad SMARTS) is 1. The number of alkyl halides is 3. The molecule has 7 heteroatoms. The van der Waals surface area contributed by atoms with Crippen molar-refractivity contribution in [2.24, 2.45) is 0 Å². The van der Waals surface area contributed by atoms with Crippen molar-refractivity contribution in [2.75, 3.05) is 7.11 Å². The van der Waals surface area contributed by atoms with Crippen LogP contribution >= 0.6 is 0 Å². The van der Waals surface area contributed by atoms with E-state index in [2.05, 4.69) is 4.98 Å². The second kappa shape index (κ2) is 5.43. The maximum Gasteiger partial charge on any atom is 0.416 e. The zero-order valence-electron chi connectivity index (χ0n) is 10.8.